The largest absolute Gasteiger partial charge is 0.481 e. The van der Waals surface area contributed by atoms with Crippen LogP contribution in [0.5, 0.6) is 0 Å². The van der Waals surface area contributed by atoms with Crippen LogP contribution < -0.4 is 0 Å². The van der Waals surface area contributed by atoms with Gasteiger partial charge in [0.25, 0.3) is 0 Å². The van der Waals surface area contributed by atoms with Crippen LogP contribution >= 0.6 is 15.9 Å². The number of aliphatic carboxylic acids is 1. The molecule has 1 aromatic carbocycles. The molecule has 0 amide bonds. The Hall–Kier alpha value is -1.76. The minimum absolute atomic E-state index is 0.106. The highest BCUT2D eigenvalue weighted by molar-refractivity contribution is 9.10. The maximum atomic E-state index is 10.5. The van der Waals surface area contributed by atoms with E-state index in [9.17, 15) is 4.79 Å². The molecule has 2 rings (SSSR count). The molecule has 0 fully saturated rings. The lowest BCUT2D eigenvalue weighted by Gasteiger charge is -2.05. The van der Waals surface area contributed by atoms with Crippen molar-refractivity contribution in [2.45, 2.75) is 19.4 Å². The summed E-state index contributed by atoms with van der Waals surface area (Å²) in [7, 11) is 0. The predicted octanol–water partition coefficient (Wildman–Crippen LogP) is 1.97. The molecule has 0 aliphatic carbocycles. The van der Waals surface area contributed by atoms with Crippen LogP contribution in [0.15, 0.2) is 28.7 Å². The Morgan fingerprint density at radius 3 is 2.89 bits per heavy atom. The summed E-state index contributed by atoms with van der Waals surface area (Å²) >= 11 is 3.44. The van der Waals surface area contributed by atoms with Gasteiger partial charge in [0, 0.05) is 23.0 Å². The van der Waals surface area contributed by atoms with Crippen molar-refractivity contribution in [3.8, 4) is 11.4 Å². The van der Waals surface area contributed by atoms with Crippen molar-refractivity contribution in [1.82, 2.24) is 20.2 Å². The third-order valence-electron chi connectivity index (χ3n) is 2.41. The van der Waals surface area contributed by atoms with Gasteiger partial charge in [-0.2, -0.15) is 0 Å². The topological polar surface area (TPSA) is 80.9 Å². The smallest absolute Gasteiger partial charge is 0.303 e. The van der Waals surface area contributed by atoms with Crippen molar-refractivity contribution in [3.63, 3.8) is 0 Å². The van der Waals surface area contributed by atoms with Crippen molar-refractivity contribution in [1.29, 1.82) is 0 Å². The first-order valence-corrected chi connectivity index (χ1v) is 6.20. The molecule has 0 bridgehead atoms. The van der Waals surface area contributed by atoms with Gasteiger partial charge >= 0.3 is 5.97 Å². The van der Waals surface area contributed by atoms with Gasteiger partial charge in [-0.05, 0) is 29.0 Å². The fraction of sp³-hybridized carbons (Fsp3) is 0.273. The molecule has 0 aliphatic rings. The second-order valence-corrected chi connectivity index (χ2v) is 4.56. The quantitative estimate of drug-likeness (QED) is 0.913. The van der Waals surface area contributed by atoms with Gasteiger partial charge < -0.3 is 5.11 Å². The summed E-state index contributed by atoms with van der Waals surface area (Å²) in [5.74, 6) is -0.182. The fourth-order valence-corrected chi connectivity index (χ4v) is 2.03. The van der Waals surface area contributed by atoms with Gasteiger partial charge in [0.05, 0.1) is 0 Å². The number of nitrogens with zero attached hydrogens (tertiary/aromatic N) is 4. The Labute approximate surface area is 112 Å². The standard InChI is InChI=1S/C11H11BrN4O2/c12-9-5-2-1-4-8(9)11-13-14-15-16(11)7-3-6-10(17)18/h1-2,4-5H,3,6-7H2,(H,17,18). The number of carboxylic acid groups (broad SMARTS) is 1. The van der Waals surface area contributed by atoms with Crippen LogP contribution in [0.3, 0.4) is 0 Å². The number of tetrazole rings is 1. The second kappa shape index (κ2) is 5.72. The monoisotopic (exact) mass is 310 g/mol. The third-order valence-corrected chi connectivity index (χ3v) is 3.10. The zero-order valence-electron chi connectivity index (χ0n) is 9.45. The molecular formula is C11H11BrN4O2. The van der Waals surface area contributed by atoms with Gasteiger partial charge in [0.2, 0.25) is 0 Å². The highest BCUT2D eigenvalue weighted by Crippen LogP contribution is 2.25. The SMILES string of the molecule is O=C(O)CCCn1nnnc1-c1ccccc1Br. The van der Waals surface area contributed by atoms with Crippen molar-refractivity contribution in [2.75, 3.05) is 0 Å². The number of hydrogen-bond donors (Lipinski definition) is 1. The number of halogens is 1. The Kier molecular flexibility index (Phi) is 4.03. The predicted molar refractivity (Wildman–Crippen MR) is 67.8 cm³/mol. The van der Waals surface area contributed by atoms with Crippen LogP contribution in [0.4, 0.5) is 0 Å². The van der Waals surface area contributed by atoms with E-state index in [0.29, 0.717) is 18.8 Å². The van der Waals surface area contributed by atoms with Gasteiger partial charge in [-0.15, -0.1) is 5.10 Å². The van der Waals surface area contributed by atoms with E-state index in [1.807, 2.05) is 24.3 Å². The molecule has 0 saturated carbocycles. The Morgan fingerprint density at radius 2 is 2.17 bits per heavy atom. The number of carboxylic acids is 1. The molecule has 0 unspecified atom stereocenters. The molecular weight excluding hydrogens is 300 g/mol. The number of rotatable bonds is 5. The highest BCUT2D eigenvalue weighted by atomic mass is 79.9. The minimum Gasteiger partial charge on any atom is -0.481 e. The van der Waals surface area contributed by atoms with Crippen molar-refractivity contribution in [3.05, 3.63) is 28.7 Å². The molecule has 0 spiro atoms. The van der Waals surface area contributed by atoms with Crippen LogP contribution in [0, 0.1) is 0 Å². The van der Waals surface area contributed by atoms with E-state index >= 15 is 0 Å². The van der Waals surface area contributed by atoms with Gasteiger partial charge in [0.1, 0.15) is 0 Å². The molecule has 6 nitrogen and oxygen atoms in total. The van der Waals surface area contributed by atoms with Crippen LogP contribution in [0.2, 0.25) is 0 Å². The summed E-state index contributed by atoms with van der Waals surface area (Å²) in [4.78, 5) is 10.5. The number of carbonyl (C=O) groups is 1. The van der Waals surface area contributed by atoms with Crippen LogP contribution in [-0.2, 0) is 11.3 Å². The molecule has 1 heterocycles. The van der Waals surface area contributed by atoms with Crippen molar-refractivity contribution < 1.29 is 9.90 Å². The minimum atomic E-state index is -0.814. The second-order valence-electron chi connectivity index (χ2n) is 3.70. The first kappa shape index (κ1) is 12.7. The maximum absolute atomic E-state index is 10.5. The summed E-state index contributed by atoms with van der Waals surface area (Å²) in [5.41, 5.74) is 0.887. The fourth-order valence-electron chi connectivity index (χ4n) is 1.57. The average molecular weight is 311 g/mol. The normalized spacial score (nSPS) is 10.5. The average Bonchev–Trinajstić information content (AvgIpc) is 2.77. The Bertz CT molecular complexity index is 555. The van der Waals surface area contributed by atoms with Crippen molar-refractivity contribution >= 4 is 21.9 Å². The third kappa shape index (κ3) is 2.92. The lowest BCUT2D eigenvalue weighted by Crippen LogP contribution is -2.05. The molecule has 7 heteroatoms. The summed E-state index contributed by atoms with van der Waals surface area (Å²) in [6, 6.07) is 7.62. The summed E-state index contributed by atoms with van der Waals surface area (Å²) in [6.07, 6.45) is 0.604. The number of aryl methyl sites for hydroxylation is 1. The zero-order chi connectivity index (χ0) is 13.0. The molecule has 94 valence electrons. The van der Waals surface area contributed by atoms with E-state index < -0.39 is 5.97 Å². The number of aromatic nitrogens is 4. The van der Waals surface area contributed by atoms with Gasteiger partial charge in [-0.25, -0.2) is 4.68 Å². The van der Waals surface area contributed by atoms with Crippen molar-refractivity contribution in [2.24, 2.45) is 0 Å². The van der Waals surface area contributed by atoms with E-state index in [1.165, 1.54) is 0 Å². The van der Waals surface area contributed by atoms with Gasteiger partial charge in [-0.3, -0.25) is 4.79 Å². The highest BCUT2D eigenvalue weighted by Gasteiger charge is 2.11. The lowest BCUT2D eigenvalue weighted by atomic mass is 10.2. The van der Waals surface area contributed by atoms with Crippen LogP contribution in [0.25, 0.3) is 11.4 Å². The van der Waals surface area contributed by atoms with E-state index in [4.69, 9.17) is 5.11 Å². The molecule has 0 atom stereocenters. The van der Waals surface area contributed by atoms with E-state index in [0.717, 1.165) is 10.0 Å². The molecule has 0 aliphatic heterocycles. The lowest BCUT2D eigenvalue weighted by molar-refractivity contribution is -0.137. The number of hydrogen-bond acceptors (Lipinski definition) is 4. The van der Waals surface area contributed by atoms with Crippen LogP contribution in [0.1, 0.15) is 12.8 Å². The maximum Gasteiger partial charge on any atom is 0.303 e. The Balaban J connectivity index is 2.18. The van der Waals surface area contributed by atoms with Gasteiger partial charge in [0.15, 0.2) is 5.82 Å². The zero-order valence-corrected chi connectivity index (χ0v) is 11.0. The first-order chi connectivity index (χ1) is 8.68. The number of benzene rings is 1. The summed E-state index contributed by atoms with van der Waals surface area (Å²) in [6.45, 7) is 0.482. The van der Waals surface area contributed by atoms with Gasteiger partial charge in [-0.1, -0.05) is 28.1 Å². The molecule has 1 N–H and O–H groups in total. The van der Waals surface area contributed by atoms with E-state index in [2.05, 4.69) is 31.5 Å². The van der Waals surface area contributed by atoms with E-state index in [-0.39, 0.29) is 6.42 Å². The molecule has 2 aromatic rings. The van der Waals surface area contributed by atoms with E-state index in [1.54, 1.807) is 4.68 Å². The molecule has 0 radical (unpaired) electrons. The van der Waals surface area contributed by atoms with Crippen LogP contribution in [-0.4, -0.2) is 31.3 Å². The molecule has 1 aromatic heterocycles. The summed E-state index contributed by atoms with van der Waals surface area (Å²) in [5, 5.41) is 20.1. The molecule has 18 heavy (non-hydrogen) atoms. The summed E-state index contributed by atoms with van der Waals surface area (Å²) < 4.78 is 2.52. The molecule has 0 saturated heterocycles. The first-order valence-electron chi connectivity index (χ1n) is 5.41. The Morgan fingerprint density at radius 1 is 1.39 bits per heavy atom.